The zero-order chi connectivity index (χ0) is 14.8. The Balaban J connectivity index is 1.82. The number of carbonyl (C=O) groups is 1. The molecular weight excluding hydrogens is 307 g/mol. The van der Waals surface area contributed by atoms with Gasteiger partial charge in [-0.15, -0.1) is 11.3 Å². The first-order valence-electron chi connectivity index (χ1n) is 6.76. The van der Waals surface area contributed by atoms with Crippen molar-refractivity contribution < 1.29 is 9.18 Å². The molecule has 0 spiro atoms. The van der Waals surface area contributed by atoms with Gasteiger partial charge in [0.1, 0.15) is 11.1 Å². The van der Waals surface area contributed by atoms with Crippen molar-refractivity contribution in [2.45, 2.75) is 35.4 Å². The number of hydrogen-bond acceptors (Lipinski definition) is 4. The molecular formula is C15H15FN2OS2. The summed E-state index contributed by atoms with van der Waals surface area (Å²) in [4.78, 5) is 16.8. The van der Waals surface area contributed by atoms with Crippen LogP contribution in [-0.2, 0) is 4.79 Å². The van der Waals surface area contributed by atoms with Gasteiger partial charge >= 0.3 is 0 Å². The minimum absolute atomic E-state index is 0.0260. The molecule has 3 rings (SSSR count). The Morgan fingerprint density at radius 1 is 1.43 bits per heavy atom. The van der Waals surface area contributed by atoms with E-state index in [4.69, 9.17) is 0 Å². The Hall–Kier alpha value is -1.40. The Morgan fingerprint density at radius 2 is 2.14 bits per heavy atom. The zero-order valence-corrected chi connectivity index (χ0v) is 13.1. The molecule has 1 heterocycles. The number of aromatic nitrogens is 1. The van der Waals surface area contributed by atoms with Crippen molar-refractivity contribution in [2.24, 2.45) is 0 Å². The second-order valence-electron chi connectivity index (χ2n) is 5.09. The summed E-state index contributed by atoms with van der Waals surface area (Å²) in [6.45, 7) is 1.93. The summed E-state index contributed by atoms with van der Waals surface area (Å²) in [5.41, 5.74) is 1.75. The predicted molar refractivity (Wildman–Crippen MR) is 83.0 cm³/mol. The van der Waals surface area contributed by atoms with Gasteiger partial charge in [-0.3, -0.25) is 4.79 Å². The van der Waals surface area contributed by atoms with Crippen LogP contribution in [-0.4, -0.2) is 16.9 Å². The van der Waals surface area contributed by atoms with Crippen LogP contribution >= 0.6 is 23.1 Å². The lowest BCUT2D eigenvalue weighted by atomic mass is 10.1. The molecule has 1 N–H and O–H groups in total. The number of nitrogens with one attached hydrogen (secondary N) is 1. The number of carbonyl (C=O) groups excluding carboxylic acids is 1. The van der Waals surface area contributed by atoms with Crippen molar-refractivity contribution in [1.29, 1.82) is 0 Å². The van der Waals surface area contributed by atoms with E-state index in [2.05, 4.69) is 10.3 Å². The molecule has 1 atom stereocenters. The molecule has 1 aromatic carbocycles. The molecule has 1 aliphatic carbocycles. The number of rotatable bonds is 5. The first-order chi connectivity index (χ1) is 10.1. The second kappa shape index (κ2) is 6.15. The molecule has 3 nitrogen and oxygen atoms in total. The SMILES string of the molecule is Cc1csc(S[C@H](C(=O)NC2CC2)c2ccc(F)cc2)n1. The van der Waals surface area contributed by atoms with Crippen molar-refractivity contribution in [3.05, 3.63) is 46.7 Å². The summed E-state index contributed by atoms with van der Waals surface area (Å²) in [5, 5.41) is 4.59. The molecule has 0 radical (unpaired) electrons. The normalized spacial score (nSPS) is 15.7. The molecule has 0 saturated heterocycles. The van der Waals surface area contributed by atoms with Crippen molar-refractivity contribution in [1.82, 2.24) is 10.3 Å². The summed E-state index contributed by atoms with van der Waals surface area (Å²) in [5.74, 6) is -0.322. The lowest BCUT2D eigenvalue weighted by Crippen LogP contribution is -2.29. The van der Waals surface area contributed by atoms with E-state index >= 15 is 0 Å². The summed E-state index contributed by atoms with van der Waals surface area (Å²) in [6.07, 6.45) is 2.09. The Morgan fingerprint density at radius 3 is 2.71 bits per heavy atom. The molecule has 1 aromatic heterocycles. The van der Waals surface area contributed by atoms with E-state index in [1.807, 2.05) is 12.3 Å². The summed E-state index contributed by atoms with van der Waals surface area (Å²) < 4.78 is 13.9. The third-order valence-electron chi connectivity index (χ3n) is 3.15. The largest absolute Gasteiger partial charge is 0.352 e. The average molecular weight is 322 g/mol. The van der Waals surface area contributed by atoms with E-state index in [1.165, 1.54) is 35.2 Å². The molecule has 1 fully saturated rings. The van der Waals surface area contributed by atoms with Crippen LogP contribution in [0.5, 0.6) is 0 Å². The van der Waals surface area contributed by atoms with Crippen LogP contribution in [0.4, 0.5) is 4.39 Å². The van der Waals surface area contributed by atoms with Gasteiger partial charge in [0.2, 0.25) is 5.91 Å². The molecule has 1 aliphatic rings. The Labute approximate surface area is 131 Å². The van der Waals surface area contributed by atoms with Crippen LogP contribution in [0.3, 0.4) is 0 Å². The molecule has 21 heavy (non-hydrogen) atoms. The number of nitrogens with zero attached hydrogens (tertiary/aromatic N) is 1. The highest BCUT2D eigenvalue weighted by molar-refractivity contribution is 8.01. The molecule has 110 valence electrons. The predicted octanol–water partition coefficient (Wildman–Crippen LogP) is 3.70. The van der Waals surface area contributed by atoms with Crippen molar-refractivity contribution >= 4 is 29.0 Å². The molecule has 6 heteroatoms. The summed E-state index contributed by atoms with van der Waals surface area (Å²) in [7, 11) is 0. The molecule has 1 amide bonds. The van der Waals surface area contributed by atoms with E-state index < -0.39 is 5.25 Å². The van der Waals surface area contributed by atoms with Gasteiger partial charge in [-0.25, -0.2) is 9.37 Å². The lowest BCUT2D eigenvalue weighted by molar-refractivity contribution is -0.120. The third kappa shape index (κ3) is 3.83. The number of hydrogen-bond donors (Lipinski definition) is 1. The highest BCUT2D eigenvalue weighted by Crippen LogP contribution is 2.37. The highest BCUT2D eigenvalue weighted by Gasteiger charge is 2.29. The number of amides is 1. The Kier molecular flexibility index (Phi) is 4.26. The third-order valence-corrected chi connectivity index (χ3v) is 5.50. The van der Waals surface area contributed by atoms with Crippen LogP contribution in [0.1, 0.15) is 29.3 Å². The van der Waals surface area contributed by atoms with Gasteiger partial charge in [-0.1, -0.05) is 23.9 Å². The van der Waals surface area contributed by atoms with E-state index in [0.29, 0.717) is 6.04 Å². The van der Waals surface area contributed by atoms with Gasteiger partial charge in [0.15, 0.2) is 4.34 Å². The number of aryl methyl sites for hydroxylation is 1. The van der Waals surface area contributed by atoms with Gasteiger partial charge in [0.25, 0.3) is 0 Å². The summed E-state index contributed by atoms with van der Waals surface area (Å²) >= 11 is 2.94. The fourth-order valence-corrected chi connectivity index (χ4v) is 3.95. The maximum absolute atomic E-state index is 13.1. The minimum Gasteiger partial charge on any atom is -0.352 e. The first-order valence-corrected chi connectivity index (χ1v) is 8.52. The van der Waals surface area contributed by atoms with Crippen molar-refractivity contribution in [3.8, 4) is 0 Å². The van der Waals surface area contributed by atoms with Gasteiger partial charge < -0.3 is 5.32 Å². The van der Waals surface area contributed by atoms with Gasteiger partial charge in [0, 0.05) is 17.1 Å². The van der Waals surface area contributed by atoms with Crippen molar-refractivity contribution in [2.75, 3.05) is 0 Å². The number of thioether (sulfide) groups is 1. The monoisotopic (exact) mass is 322 g/mol. The minimum atomic E-state index is -0.392. The van der Waals surface area contributed by atoms with Crippen LogP contribution in [0.15, 0.2) is 34.0 Å². The molecule has 2 aromatic rings. The number of halogens is 1. The van der Waals surface area contributed by atoms with Crippen LogP contribution in [0.25, 0.3) is 0 Å². The maximum Gasteiger partial charge on any atom is 0.238 e. The fourth-order valence-electron chi connectivity index (χ4n) is 1.90. The van der Waals surface area contributed by atoms with E-state index in [-0.39, 0.29) is 11.7 Å². The standard InChI is InChI=1S/C15H15FN2OS2/c1-9-8-20-15(17-9)21-13(14(19)18-12-6-7-12)10-2-4-11(16)5-3-10/h2-5,8,12-13H,6-7H2,1H3,(H,18,19)/t13-/m0/s1. The quantitative estimate of drug-likeness (QED) is 0.854. The zero-order valence-electron chi connectivity index (χ0n) is 11.5. The van der Waals surface area contributed by atoms with Crippen LogP contribution < -0.4 is 5.32 Å². The average Bonchev–Trinajstić information content (AvgIpc) is 3.18. The smallest absolute Gasteiger partial charge is 0.238 e. The molecule has 0 aliphatic heterocycles. The van der Waals surface area contributed by atoms with Crippen molar-refractivity contribution in [3.63, 3.8) is 0 Å². The van der Waals surface area contributed by atoms with Gasteiger partial charge in [-0.05, 0) is 37.5 Å². The van der Waals surface area contributed by atoms with Crippen LogP contribution in [0.2, 0.25) is 0 Å². The summed E-state index contributed by atoms with van der Waals surface area (Å²) in [6, 6.07) is 6.42. The van der Waals surface area contributed by atoms with E-state index in [9.17, 15) is 9.18 Å². The fraction of sp³-hybridized carbons (Fsp3) is 0.333. The van der Waals surface area contributed by atoms with Gasteiger partial charge in [-0.2, -0.15) is 0 Å². The number of thiazole rings is 1. The van der Waals surface area contributed by atoms with Crippen LogP contribution in [0, 0.1) is 12.7 Å². The highest BCUT2D eigenvalue weighted by atomic mass is 32.2. The van der Waals surface area contributed by atoms with E-state index in [1.54, 1.807) is 12.1 Å². The first kappa shape index (κ1) is 14.5. The van der Waals surface area contributed by atoms with Gasteiger partial charge in [0.05, 0.1) is 0 Å². The van der Waals surface area contributed by atoms with E-state index in [0.717, 1.165) is 28.4 Å². The molecule has 1 saturated carbocycles. The molecule has 0 unspecified atom stereocenters. The lowest BCUT2D eigenvalue weighted by Gasteiger charge is -2.15. The number of benzene rings is 1. The maximum atomic E-state index is 13.1. The topological polar surface area (TPSA) is 42.0 Å². The molecule has 0 bridgehead atoms. The Bertz CT molecular complexity index is 637. The second-order valence-corrected chi connectivity index (χ2v) is 7.30.